The maximum Gasteiger partial charge on any atom is 0.290 e. The quantitative estimate of drug-likeness (QED) is 0.840. The molecule has 1 N–H and O–H groups in total. The second-order valence-electron chi connectivity index (χ2n) is 6.36. The minimum absolute atomic E-state index is 0.317. The van der Waals surface area contributed by atoms with Crippen molar-refractivity contribution in [1.82, 2.24) is 5.32 Å². The lowest BCUT2D eigenvalue weighted by Crippen LogP contribution is -2.18. The van der Waals surface area contributed by atoms with E-state index >= 15 is 0 Å². The van der Waals surface area contributed by atoms with Crippen LogP contribution < -0.4 is 10.1 Å². The highest BCUT2D eigenvalue weighted by Gasteiger charge is 2.24. The summed E-state index contributed by atoms with van der Waals surface area (Å²) in [7, 11) is 0. The van der Waals surface area contributed by atoms with Crippen molar-refractivity contribution in [3.8, 4) is 5.75 Å². The molecular formula is C18H21NO3S. The molecule has 0 radical (unpaired) electrons. The summed E-state index contributed by atoms with van der Waals surface area (Å²) in [6.45, 7) is 3.10. The van der Waals surface area contributed by atoms with Crippen LogP contribution >= 0.6 is 11.8 Å². The van der Waals surface area contributed by atoms with E-state index in [1.807, 2.05) is 24.3 Å². The number of rotatable bonds is 4. The maximum atomic E-state index is 11.5. The van der Waals surface area contributed by atoms with E-state index in [4.69, 9.17) is 4.74 Å². The van der Waals surface area contributed by atoms with E-state index in [0.29, 0.717) is 10.8 Å². The molecule has 0 bridgehead atoms. The lowest BCUT2D eigenvalue weighted by atomic mass is 9.83. The van der Waals surface area contributed by atoms with Crippen molar-refractivity contribution in [1.29, 1.82) is 0 Å². The van der Waals surface area contributed by atoms with Crippen molar-refractivity contribution in [2.24, 2.45) is 11.8 Å². The van der Waals surface area contributed by atoms with Crippen LogP contribution in [0.15, 0.2) is 29.2 Å². The zero-order valence-corrected chi connectivity index (χ0v) is 14.0. The molecule has 2 amide bonds. The van der Waals surface area contributed by atoms with E-state index in [-0.39, 0.29) is 11.1 Å². The number of amides is 2. The Kier molecular flexibility index (Phi) is 5.06. The van der Waals surface area contributed by atoms with Gasteiger partial charge in [-0.2, -0.15) is 0 Å². The standard InChI is InChI=1S/C18H21NO3S/c1-12-2-4-14(5-3-12)11-22-15-8-6-13(7-9-15)10-16-17(20)19-18(21)23-16/h6-10,12,14H,2-5,11H2,1H3,(H,19,20,21). The summed E-state index contributed by atoms with van der Waals surface area (Å²) in [5.74, 6) is 2.05. The minimum Gasteiger partial charge on any atom is -0.493 e. The van der Waals surface area contributed by atoms with Crippen LogP contribution in [0.3, 0.4) is 0 Å². The number of thioether (sulfide) groups is 1. The van der Waals surface area contributed by atoms with Crippen LogP contribution in [-0.4, -0.2) is 17.8 Å². The van der Waals surface area contributed by atoms with Gasteiger partial charge in [-0.15, -0.1) is 0 Å². The van der Waals surface area contributed by atoms with Crippen LogP contribution in [0.5, 0.6) is 5.75 Å². The first-order chi connectivity index (χ1) is 11.1. The van der Waals surface area contributed by atoms with Gasteiger partial charge < -0.3 is 4.74 Å². The van der Waals surface area contributed by atoms with E-state index in [2.05, 4.69) is 12.2 Å². The van der Waals surface area contributed by atoms with Crippen molar-refractivity contribution >= 4 is 29.0 Å². The fraction of sp³-hybridized carbons (Fsp3) is 0.444. The van der Waals surface area contributed by atoms with Gasteiger partial charge in [-0.3, -0.25) is 14.9 Å². The Morgan fingerprint density at radius 3 is 2.48 bits per heavy atom. The van der Waals surface area contributed by atoms with Gasteiger partial charge in [-0.05, 0) is 60.2 Å². The number of hydrogen-bond acceptors (Lipinski definition) is 4. The Bertz CT molecular complexity index is 616. The van der Waals surface area contributed by atoms with E-state index in [1.165, 1.54) is 25.7 Å². The topological polar surface area (TPSA) is 55.4 Å². The molecule has 1 aromatic carbocycles. The van der Waals surface area contributed by atoms with Crippen LogP contribution in [0.1, 0.15) is 38.2 Å². The zero-order chi connectivity index (χ0) is 16.2. The average molecular weight is 331 g/mol. The third-order valence-electron chi connectivity index (χ3n) is 4.44. The molecule has 23 heavy (non-hydrogen) atoms. The second-order valence-corrected chi connectivity index (χ2v) is 7.37. The second kappa shape index (κ2) is 7.21. The molecular weight excluding hydrogens is 310 g/mol. The Morgan fingerprint density at radius 1 is 1.17 bits per heavy atom. The molecule has 1 aromatic rings. The summed E-state index contributed by atoms with van der Waals surface area (Å²) in [5.41, 5.74) is 0.885. The van der Waals surface area contributed by atoms with Crippen molar-refractivity contribution in [3.63, 3.8) is 0 Å². The summed E-state index contributed by atoms with van der Waals surface area (Å²) >= 11 is 0.932. The molecule has 1 saturated carbocycles. The number of ether oxygens (including phenoxy) is 1. The summed E-state index contributed by atoms with van der Waals surface area (Å²) < 4.78 is 5.88. The molecule has 1 saturated heterocycles. The predicted octanol–water partition coefficient (Wildman–Crippen LogP) is 4.22. The third kappa shape index (κ3) is 4.38. The van der Waals surface area contributed by atoms with Gasteiger partial charge in [0.05, 0.1) is 11.5 Å². The highest BCUT2D eigenvalue weighted by Crippen LogP contribution is 2.29. The Hall–Kier alpha value is -1.75. The molecule has 1 heterocycles. The van der Waals surface area contributed by atoms with Crippen molar-refractivity contribution in [3.05, 3.63) is 34.7 Å². The maximum absolute atomic E-state index is 11.5. The number of carbonyl (C=O) groups is 2. The molecule has 0 unspecified atom stereocenters. The largest absolute Gasteiger partial charge is 0.493 e. The summed E-state index contributed by atoms with van der Waals surface area (Å²) in [6.07, 6.45) is 6.84. The van der Waals surface area contributed by atoms with Crippen LogP contribution in [0.4, 0.5) is 4.79 Å². The smallest absolute Gasteiger partial charge is 0.290 e. The number of benzene rings is 1. The van der Waals surface area contributed by atoms with Crippen LogP contribution in [0.2, 0.25) is 0 Å². The van der Waals surface area contributed by atoms with Gasteiger partial charge in [-0.25, -0.2) is 0 Å². The summed E-state index contributed by atoms with van der Waals surface area (Å²) in [4.78, 5) is 23.1. The normalized spacial score (nSPS) is 26.4. The van der Waals surface area contributed by atoms with Gasteiger partial charge in [0.2, 0.25) is 0 Å². The van der Waals surface area contributed by atoms with E-state index in [9.17, 15) is 9.59 Å². The fourth-order valence-corrected chi connectivity index (χ4v) is 3.62. The van der Waals surface area contributed by atoms with E-state index in [1.54, 1.807) is 6.08 Å². The molecule has 0 spiro atoms. The highest BCUT2D eigenvalue weighted by molar-refractivity contribution is 8.18. The lowest BCUT2D eigenvalue weighted by molar-refractivity contribution is -0.115. The fourth-order valence-electron chi connectivity index (χ4n) is 2.94. The molecule has 3 rings (SSSR count). The minimum atomic E-state index is -0.327. The molecule has 1 aliphatic heterocycles. The Labute approximate surface area is 140 Å². The molecule has 4 nitrogen and oxygen atoms in total. The molecule has 1 aliphatic carbocycles. The molecule has 0 atom stereocenters. The van der Waals surface area contributed by atoms with E-state index < -0.39 is 0 Å². The molecule has 5 heteroatoms. The van der Waals surface area contributed by atoms with Gasteiger partial charge in [0, 0.05) is 0 Å². The molecule has 0 aromatic heterocycles. The average Bonchev–Trinajstić information content (AvgIpc) is 2.86. The number of carbonyl (C=O) groups excluding carboxylic acids is 2. The summed E-state index contributed by atoms with van der Waals surface area (Å²) in [5, 5.41) is 1.93. The summed E-state index contributed by atoms with van der Waals surface area (Å²) in [6, 6.07) is 7.64. The first-order valence-corrected chi connectivity index (χ1v) is 8.89. The number of nitrogens with one attached hydrogen (secondary N) is 1. The van der Waals surface area contributed by atoms with Gasteiger partial charge >= 0.3 is 0 Å². The van der Waals surface area contributed by atoms with Crippen LogP contribution in [0, 0.1) is 11.8 Å². The predicted molar refractivity (Wildman–Crippen MR) is 92.2 cm³/mol. The Morgan fingerprint density at radius 2 is 1.87 bits per heavy atom. The molecule has 122 valence electrons. The van der Waals surface area contributed by atoms with Gasteiger partial charge in [-0.1, -0.05) is 31.9 Å². The van der Waals surface area contributed by atoms with Crippen molar-refractivity contribution in [2.45, 2.75) is 32.6 Å². The van der Waals surface area contributed by atoms with Gasteiger partial charge in [0.1, 0.15) is 5.75 Å². The zero-order valence-electron chi connectivity index (χ0n) is 13.2. The Balaban J connectivity index is 1.54. The third-order valence-corrected chi connectivity index (χ3v) is 5.25. The van der Waals surface area contributed by atoms with Gasteiger partial charge in [0.15, 0.2) is 0 Å². The van der Waals surface area contributed by atoms with Crippen molar-refractivity contribution < 1.29 is 14.3 Å². The van der Waals surface area contributed by atoms with Crippen LogP contribution in [0.25, 0.3) is 6.08 Å². The monoisotopic (exact) mass is 331 g/mol. The lowest BCUT2D eigenvalue weighted by Gasteiger charge is -2.26. The molecule has 2 fully saturated rings. The molecule has 2 aliphatic rings. The highest BCUT2D eigenvalue weighted by atomic mass is 32.2. The first kappa shape index (κ1) is 16.1. The number of imide groups is 1. The van der Waals surface area contributed by atoms with Crippen LogP contribution in [-0.2, 0) is 4.79 Å². The SMILES string of the molecule is CC1CCC(COc2ccc(C=C3SC(=O)NC3=O)cc2)CC1. The van der Waals surface area contributed by atoms with E-state index in [0.717, 1.165) is 35.6 Å². The first-order valence-electron chi connectivity index (χ1n) is 8.08. The van der Waals surface area contributed by atoms with Crippen molar-refractivity contribution in [2.75, 3.05) is 6.61 Å². The van der Waals surface area contributed by atoms with Gasteiger partial charge in [0.25, 0.3) is 11.1 Å². The number of hydrogen-bond donors (Lipinski definition) is 1.